The first-order valence-corrected chi connectivity index (χ1v) is 1.99. The first-order valence-electron chi connectivity index (χ1n) is 1.99. The minimum atomic E-state index is -0.794. The van der Waals surface area contributed by atoms with Crippen LogP contribution in [0.15, 0.2) is 4.79 Å². The van der Waals surface area contributed by atoms with Gasteiger partial charge in [-0.25, -0.2) is 4.79 Å². The van der Waals surface area contributed by atoms with Gasteiger partial charge in [0, 0.05) is 5.10 Å². The van der Waals surface area contributed by atoms with E-state index in [-0.39, 0.29) is 0 Å². The molecule has 2 N–H and O–H groups in total. The maximum absolute atomic E-state index is 10.1. The largest absolute Gasteiger partial charge is 0.457 e. The van der Waals surface area contributed by atoms with Gasteiger partial charge in [0.15, 0.2) is 0 Å². The Morgan fingerprint density at radius 3 is 2.56 bits per heavy atom. The Labute approximate surface area is 47.9 Å². The van der Waals surface area contributed by atoms with Crippen molar-refractivity contribution in [2.45, 2.75) is 0 Å². The number of aromatic nitrogens is 3. The predicted molar refractivity (Wildman–Crippen MR) is 25.9 cm³/mol. The van der Waals surface area contributed by atoms with E-state index < -0.39 is 16.6 Å². The smallest absolute Gasteiger partial charge is 0.390 e. The molecule has 0 amide bonds. The van der Waals surface area contributed by atoms with Crippen molar-refractivity contribution in [3.8, 4) is 0 Å². The normalized spacial score (nSPS) is 9.33. The molecular formula is C2H2N4O3. The molecule has 1 heterocycles. The molecule has 7 nitrogen and oxygen atoms in total. The summed E-state index contributed by atoms with van der Waals surface area (Å²) in [5, 5.41) is 14.6. The van der Waals surface area contributed by atoms with Crippen LogP contribution in [0.25, 0.3) is 0 Å². The SMILES string of the molecule is O=c1[nH]nc([N+](=O)[O-])[nH]1. The third kappa shape index (κ3) is 0.929. The zero-order valence-electron chi connectivity index (χ0n) is 4.12. The van der Waals surface area contributed by atoms with Crippen LogP contribution in [0.1, 0.15) is 0 Å². The number of aromatic amines is 2. The average molecular weight is 130 g/mol. The van der Waals surface area contributed by atoms with E-state index in [4.69, 9.17) is 0 Å². The first-order chi connectivity index (χ1) is 4.20. The molecule has 1 aromatic rings. The Hall–Kier alpha value is -1.66. The van der Waals surface area contributed by atoms with Crippen LogP contribution in [-0.2, 0) is 0 Å². The minimum absolute atomic E-state index is 0.569. The van der Waals surface area contributed by atoms with Crippen molar-refractivity contribution in [1.82, 2.24) is 15.2 Å². The number of nitrogens with one attached hydrogen (secondary N) is 2. The summed E-state index contributed by atoms with van der Waals surface area (Å²) in [5.74, 6) is -0.569. The first kappa shape index (κ1) is 5.48. The highest BCUT2D eigenvalue weighted by molar-refractivity contribution is 4.95. The molecule has 1 rings (SSSR count). The lowest BCUT2D eigenvalue weighted by Gasteiger charge is -1.82. The molecule has 0 atom stereocenters. The van der Waals surface area contributed by atoms with Crippen LogP contribution in [0, 0.1) is 10.1 Å². The fourth-order valence-electron chi connectivity index (χ4n) is 0.348. The Kier molecular flexibility index (Phi) is 1.03. The van der Waals surface area contributed by atoms with E-state index in [1.807, 2.05) is 10.1 Å². The Bertz CT molecular complexity index is 271. The topological polar surface area (TPSA) is 105 Å². The molecule has 0 saturated heterocycles. The molecule has 0 radical (unpaired) electrons. The summed E-state index contributed by atoms with van der Waals surface area (Å²) in [6, 6.07) is 0. The summed E-state index contributed by atoms with van der Waals surface area (Å²) in [6.07, 6.45) is 0. The van der Waals surface area contributed by atoms with Gasteiger partial charge in [-0.05, 0) is 4.92 Å². The summed E-state index contributed by atoms with van der Waals surface area (Å²) < 4.78 is 0. The van der Waals surface area contributed by atoms with Crippen LogP contribution in [0.4, 0.5) is 5.95 Å². The molecule has 0 aliphatic rings. The van der Waals surface area contributed by atoms with E-state index in [2.05, 4.69) is 5.10 Å². The molecule has 0 aromatic carbocycles. The van der Waals surface area contributed by atoms with Crippen LogP contribution in [0.3, 0.4) is 0 Å². The third-order valence-electron chi connectivity index (χ3n) is 0.662. The zero-order chi connectivity index (χ0) is 6.85. The lowest BCUT2D eigenvalue weighted by Crippen LogP contribution is -2.01. The highest BCUT2D eigenvalue weighted by Gasteiger charge is 2.06. The number of hydrogen-bond acceptors (Lipinski definition) is 4. The van der Waals surface area contributed by atoms with Crippen molar-refractivity contribution in [2.75, 3.05) is 0 Å². The van der Waals surface area contributed by atoms with E-state index >= 15 is 0 Å². The molecule has 0 spiro atoms. The van der Waals surface area contributed by atoms with E-state index in [0.29, 0.717) is 0 Å². The highest BCUT2D eigenvalue weighted by atomic mass is 16.6. The van der Waals surface area contributed by atoms with Gasteiger partial charge in [-0.3, -0.25) is 0 Å². The van der Waals surface area contributed by atoms with Gasteiger partial charge >= 0.3 is 11.6 Å². The number of hydrogen-bond donors (Lipinski definition) is 2. The van der Waals surface area contributed by atoms with Gasteiger partial charge in [-0.2, -0.15) is 4.98 Å². The second kappa shape index (κ2) is 1.69. The lowest BCUT2D eigenvalue weighted by atomic mass is 11.1. The van der Waals surface area contributed by atoms with E-state index in [9.17, 15) is 14.9 Å². The van der Waals surface area contributed by atoms with Gasteiger partial charge in [-0.1, -0.05) is 0 Å². The number of nitrogens with zero attached hydrogens (tertiary/aromatic N) is 2. The monoisotopic (exact) mass is 130 g/mol. The number of H-pyrrole nitrogens is 2. The van der Waals surface area contributed by atoms with Gasteiger partial charge in [0.1, 0.15) is 0 Å². The van der Waals surface area contributed by atoms with Gasteiger partial charge < -0.3 is 10.1 Å². The Balaban J connectivity index is 3.12. The molecule has 0 aliphatic heterocycles. The quantitative estimate of drug-likeness (QED) is 0.376. The van der Waals surface area contributed by atoms with Crippen LogP contribution in [-0.4, -0.2) is 20.1 Å². The van der Waals surface area contributed by atoms with Crippen LogP contribution < -0.4 is 5.69 Å². The zero-order valence-corrected chi connectivity index (χ0v) is 4.12. The molecule has 48 valence electrons. The molecule has 0 unspecified atom stereocenters. The Morgan fingerprint density at radius 2 is 2.33 bits per heavy atom. The van der Waals surface area contributed by atoms with Crippen molar-refractivity contribution >= 4 is 5.95 Å². The summed E-state index contributed by atoms with van der Waals surface area (Å²) >= 11 is 0. The maximum Gasteiger partial charge on any atom is 0.457 e. The lowest BCUT2D eigenvalue weighted by molar-refractivity contribution is -0.394. The molecular weight excluding hydrogens is 128 g/mol. The molecule has 0 bridgehead atoms. The fourth-order valence-corrected chi connectivity index (χ4v) is 0.348. The average Bonchev–Trinajstić information content (AvgIpc) is 2.14. The van der Waals surface area contributed by atoms with Crippen LogP contribution >= 0.6 is 0 Å². The molecule has 9 heavy (non-hydrogen) atoms. The van der Waals surface area contributed by atoms with Crippen LogP contribution in [0.5, 0.6) is 0 Å². The molecule has 0 aliphatic carbocycles. The maximum atomic E-state index is 10.1. The molecule has 7 heteroatoms. The van der Waals surface area contributed by atoms with Crippen molar-refractivity contribution in [1.29, 1.82) is 0 Å². The van der Waals surface area contributed by atoms with Crippen LogP contribution in [0.2, 0.25) is 0 Å². The van der Waals surface area contributed by atoms with Gasteiger partial charge in [0.05, 0.1) is 0 Å². The Morgan fingerprint density at radius 1 is 1.67 bits per heavy atom. The third-order valence-corrected chi connectivity index (χ3v) is 0.662. The minimum Gasteiger partial charge on any atom is -0.390 e. The molecule has 1 aromatic heterocycles. The second-order valence-corrected chi connectivity index (χ2v) is 1.26. The van der Waals surface area contributed by atoms with E-state index in [1.165, 1.54) is 0 Å². The number of nitro groups is 1. The second-order valence-electron chi connectivity index (χ2n) is 1.26. The van der Waals surface area contributed by atoms with Gasteiger partial charge in [0.2, 0.25) is 0 Å². The van der Waals surface area contributed by atoms with Crippen molar-refractivity contribution in [2.24, 2.45) is 0 Å². The fraction of sp³-hybridized carbons (Fsp3) is 0. The summed E-state index contributed by atoms with van der Waals surface area (Å²) in [6.45, 7) is 0. The predicted octanol–water partition coefficient (Wildman–Crippen LogP) is -0.994. The highest BCUT2D eigenvalue weighted by Crippen LogP contribution is 1.91. The van der Waals surface area contributed by atoms with Crippen molar-refractivity contribution in [3.63, 3.8) is 0 Å². The summed E-state index contributed by atoms with van der Waals surface area (Å²) in [5.41, 5.74) is -0.679. The van der Waals surface area contributed by atoms with Gasteiger partial charge in [-0.15, -0.1) is 5.10 Å². The van der Waals surface area contributed by atoms with E-state index in [0.717, 1.165) is 0 Å². The molecule has 0 saturated carbocycles. The number of rotatable bonds is 1. The summed E-state index contributed by atoms with van der Waals surface area (Å²) in [4.78, 5) is 20.9. The molecule has 0 fully saturated rings. The van der Waals surface area contributed by atoms with Crippen molar-refractivity contribution in [3.05, 3.63) is 20.6 Å². The summed E-state index contributed by atoms with van der Waals surface area (Å²) in [7, 11) is 0. The standard InChI is InChI=1S/C2H2N4O3/c7-2-3-1(4-5-2)6(8)9/h(H2,3,4,5,7). The van der Waals surface area contributed by atoms with Crippen molar-refractivity contribution < 1.29 is 4.92 Å². The van der Waals surface area contributed by atoms with E-state index in [1.54, 1.807) is 0 Å². The van der Waals surface area contributed by atoms with Gasteiger partial charge in [0.25, 0.3) is 0 Å².